The van der Waals surface area contributed by atoms with E-state index in [1.54, 1.807) is 6.07 Å². The van der Waals surface area contributed by atoms with Crippen LogP contribution >= 0.6 is 0 Å². The summed E-state index contributed by atoms with van der Waals surface area (Å²) in [5.41, 5.74) is 5.35. The van der Waals surface area contributed by atoms with Gasteiger partial charge >= 0.3 is 0 Å². The van der Waals surface area contributed by atoms with Gasteiger partial charge in [0.05, 0.1) is 13.2 Å². The highest BCUT2D eigenvalue weighted by Gasteiger charge is 2.27. The number of hydrogen-bond donors (Lipinski definition) is 0. The fourth-order valence-electron chi connectivity index (χ4n) is 4.48. The zero-order valence-corrected chi connectivity index (χ0v) is 18.5. The molecular weight excluding hydrogens is 359 g/mol. The Bertz CT molecular complexity index is 1240. The number of fused-ring (bicyclic) bond motifs is 3. The van der Waals surface area contributed by atoms with Gasteiger partial charge in [0.25, 0.3) is 5.82 Å². The van der Waals surface area contributed by atoms with Crippen LogP contribution < -0.4 is 4.57 Å². The molecule has 0 aliphatic heterocycles. The van der Waals surface area contributed by atoms with Crippen molar-refractivity contribution in [2.24, 2.45) is 7.05 Å². The summed E-state index contributed by atoms with van der Waals surface area (Å²) in [7, 11) is 2.07. The number of aromatic nitrogens is 2. The predicted octanol–water partition coefficient (Wildman–Crippen LogP) is 6.48. The Labute approximate surface area is 172 Å². The van der Waals surface area contributed by atoms with E-state index in [0.29, 0.717) is 0 Å². The molecule has 0 aliphatic carbocycles. The summed E-state index contributed by atoms with van der Waals surface area (Å²) in [5, 5.41) is 2.06. The number of pyridine rings is 1. The van der Waals surface area contributed by atoms with E-state index in [2.05, 4.69) is 94.3 Å². The predicted molar refractivity (Wildman–Crippen MR) is 119 cm³/mol. The standard InChI is InChI=1S/C26H30FN2/c1-16(2)24-17(3)25-20(15-21(24)27)19-10-8-9-11-22(19)29(25)23-14-18(26(4,5)6)12-13-28(23)7/h8-16H,1-7H3/q+1. The van der Waals surface area contributed by atoms with E-state index >= 15 is 4.39 Å². The molecule has 29 heavy (non-hydrogen) atoms. The lowest BCUT2D eigenvalue weighted by atomic mass is 9.87. The fraction of sp³-hybridized carbons (Fsp3) is 0.346. The molecule has 0 saturated heterocycles. The van der Waals surface area contributed by atoms with Gasteiger partial charge in [-0.3, -0.25) is 0 Å². The molecule has 2 nitrogen and oxygen atoms in total. The van der Waals surface area contributed by atoms with Crippen molar-refractivity contribution in [3.63, 3.8) is 0 Å². The molecule has 0 aliphatic rings. The summed E-state index contributed by atoms with van der Waals surface area (Å²) in [6, 6.07) is 14.5. The van der Waals surface area contributed by atoms with E-state index in [0.717, 1.165) is 38.8 Å². The highest BCUT2D eigenvalue weighted by atomic mass is 19.1. The first-order valence-corrected chi connectivity index (χ1v) is 10.3. The monoisotopic (exact) mass is 389 g/mol. The van der Waals surface area contributed by atoms with Crippen LogP contribution in [0.25, 0.3) is 27.6 Å². The topological polar surface area (TPSA) is 8.81 Å². The molecule has 0 atom stereocenters. The minimum atomic E-state index is -0.110. The Morgan fingerprint density at radius 2 is 1.69 bits per heavy atom. The Kier molecular flexibility index (Phi) is 4.53. The maximum Gasteiger partial charge on any atom is 0.286 e. The first-order valence-electron chi connectivity index (χ1n) is 10.3. The van der Waals surface area contributed by atoms with Gasteiger partial charge in [-0.1, -0.05) is 46.8 Å². The highest BCUT2D eigenvalue weighted by molar-refractivity contribution is 6.10. The van der Waals surface area contributed by atoms with Gasteiger partial charge in [0.1, 0.15) is 16.9 Å². The van der Waals surface area contributed by atoms with E-state index in [4.69, 9.17) is 0 Å². The van der Waals surface area contributed by atoms with Crippen LogP contribution in [0.2, 0.25) is 0 Å². The first kappa shape index (κ1) is 19.6. The van der Waals surface area contributed by atoms with Crippen LogP contribution in [0.15, 0.2) is 48.7 Å². The van der Waals surface area contributed by atoms with Gasteiger partial charge in [0, 0.05) is 22.4 Å². The number of aryl methyl sites for hydroxylation is 2. The second kappa shape index (κ2) is 6.69. The maximum atomic E-state index is 15.1. The summed E-state index contributed by atoms with van der Waals surface area (Å²) in [4.78, 5) is 0. The van der Waals surface area contributed by atoms with Gasteiger partial charge in [-0.25, -0.2) is 8.96 Å². The summed E-state index contributed by atoms with van der Waals surface area (Å²) in [5.74, 6) is 1.11. The van der Waals surface area contributed by atoms with Crippen molar-refractivity contribution in [1.82, 2.24) is 4.57 Å². The molecule has 0 fully saturated rings. The number of para-hydroxylation sites is 1. The summed E-state index contributed by atoms with van der Waals surface area (Å²) < 4.78 is 19.5. The Morgan fingerprint density at radius 1 is 1.00 bits per heavy atom. The van der Waals surface area contributed by atoms with E-state index in [9.17, 15) is 0 Å². The van der Waals surface area contributed by atoms with Gasteiger partial charge in [-0.2, -0.15) is 4.57 Å². The van der Waals surface area contributed by atoms with Gasteiger partial charge < -0.3 is 0 Å². The SMILES string of the molecule is Cc1c(C(C)C)c(F)cc2c3ccccc3n(-c3cc(C(C)(C)C)cc[n+]3C)c12. The van der Waals surface area contributed by atoms with E-state index in [-0.39, 0.29) is 17.2 Å². The maximum absolute atomic E-state index is 15.1. The largest absolute Gasteiger partial charge is 0.286 e. The molecule has 4 rings (SSSR count). The lowest BCUT2D eigenvalue weighted by Gasteiger charge is -2.19. The van der Waals surface area contributed by atoms with Gasteiger partial charge in [0.2, 0.25) is 0 Å². The fourth-order valence-corrected chi connectivity index (χ4v) is 4.48. The van der Waals surface area contributed by atoms with Crippen molar-refractivity contribution in [1.29, 1.82) is 0 Å². The molecule has 4 aromatic rings. The van der Waals surface area contributed by atoms with E-state index in [1.807, 2.05) is 6.07 Å². The molecule has 3 heteroatoms. The van der Waals surface area contributed by atoms with Gasteiger partial charge in [0.15, 0.2) is 0 Å². The summed E-state index contributed by atoms with van der Waals surface area (Å²) >= 11 is 0. The third-order valence-electron chi connectivity index (χ3n) is 6.00. The lowest BCUT2D eigenvalue weighted by molar-refractivity contribution is -0.665. The van der Waals surface area contributed by atoms with Crippen molar-refractivity contribution in [3.05, 3.63) is 71.2 Å². The molecule has 0 unspecified atom stereocenters. The summed E-state index contributed by atoms with van der Waals surface area (Å²) in [6.45, 7) is 12.9. The molecule has 0 bridgehead atoms. The average Bonchev–Trinajstić information content (AvgIpc) is 2.95. The third-order valence-corrected chi connectivity index (χ3v) is 6.00. The molecule has 0 spiro atoms. The van der Waals surface area contributed by atoms with Crippen LogP contribution in [0, 0.1) is 12.7 Å². The number of benzene rings is 2. The van der Waals surface area contributed by atoms with Crippen LogP contribution in [-0.2, 0) is 12.5 Å². The Morgan fingerprint density at radius 3 is 2.34 bits per heavy atom. The smallest absolute Gasteiger partial charge is 0.237 e. The molecular formula is C26H30FN2+. The highest BCUT2D eigenvalue weighted by Crippen LogP contribution is 2.38. The summed E-state index contributed by atoms with van der Waals surface area (Å²) in [6.07, 6.45) is 2.12. The molecule has 150 valence electrons. The van der Waals surface area contributed by atoms with Gasteiger partial charge in [-0.05, 0) is 53.6 Å². The van der Waals surface area contributed by atoms with Crippen molar-refractivity contribution >= 4 is 21.8 Å². The molecule has 0 saturated carbocycles. The quantitative estimate of drug-likeness (QED) is 0.347. The van der Waals surface area contributed by atoms with Crippen molar-refractivity contribution < 1.29 is 8.96 Å². The molecule has 2 aromatic carbocycles. The van der Waals surface area contributed by atoms with E-state index < -0.39 is 0 Å². The third kappa shape index (κ3) is 3.04. The molecule has 2 aromatic heterocycles. The Hall–Kier alpha value is -2.68. The number of halogens is 1. The van der Waals surface area contributed by atoms with Crippen molar-refractivity contribution in [2.45, 2.75) is 52.9 Å². The molecule has 0 N–H and O–H groups in total. The lowest BCUT2D eigenvalue weighted by Crippen LogP contribution is -2.34. The number of rotatable bonds is 2. The number of nitrogens with zero attached hydrogens (tertiary/aromatic N) is 2. The molecule has 0 amide bonds. The van der Waals surface area contributed by atoms with Crippen LogP contribution in [0.5, 0.6) is 0 Å². The minimum absolute atomic E-state index is 0.0476. The zero-order chi connectivity index (χ0) is 21.1. The van der Waals surface area contributed by atoms with Crippen LogP contribution in [-0.4, -0.2) is 4.57 Å². The average molecular weight is 390 g/mol. The van der Waals surface area contributed by atoms with Crippen LogP contribution in [0.4, 0.5) is 4.39 Å². The first-order chi connectivity index (χ1) is 13.6. The van der Waals surface area contributed by atoms with Crippen molar-refractivity contribution in [2.75, 3.05) is 0 Å². The molecule has 2 heterocycles. The normalized spacial score (nSPS) is 12.4. The zero-order valence-electron chi connectivity index (χ0n) is 18.5. The van der Waals surface area contributed by atoms with Crippen molar-refractivity contribution in [3.8, 4) is 5.82 Å². The second-order valence-electron chi connectivity index (χ2n) is 9.44. The minimum Gasteiger partial charge on any atom is -0.237 e. The number of hydrogen-bond acceptors (Lipinski definition) is 0. The Balaban J connectivity index is 2.21. The van der Waals surface area contributed by atoms with E-state index in [1.165, 1.54) is 5.56 Å². The van der Waals surface area contributed by atoms with Gasteiger partial charge in [-0.15, -0.1) is 0 Å². The second-order valence-corrected chi connectivity index (χ2v) is 9.44. The van der Waals surface area contributed by atoms with Crippen LogP contribution in [0.1, 0.15) is 57.2 Å². The van der Waals surface area contributed by atoms with Crippen LogP contribution in [0.3, 0.4) is 0 Å². The molecule has 0 radical (unpaired) electrons.